The van der Waals surface area contributed by atoms with Gasteiger partial charge in [-0.05, 0) is 55.7 Å². The van der Waals surface area contributed by atoms with Gasteiger partial charge >= 0.3 is 0 Å². The van der Waals surface area contributed by atoms with Crippen LogP contribution in [0.4, 0.5) is 15.8 Å². The van der Waals surface area contributed by atoms with Crippen LogP contribution in [-0.4, -0.2) is 65.0 Å². The molecule has 7 heteroatoms. The third kappa shape index (κ3) is 3.23. The first kappa shape index (κ1) is 19.1. The Labute approximate surface area is 174 Å². The van der Waals surface area contributed by atoms with Crippen molar-refractivity contribution >= 4 is 23.2 Å². The van der Waals surface area contributed by atoms with Gasteiger partial charge in [-0.15, -0.1) is 0 Å². The van der Waals surface area contributed by atoms with Crippen molar-refractivity contribution in [3.8, 4) is 0 Å². The summed E-state index contributed by atoms with van der Waals surface area (Å²) < 4.78 is 14.0. The van der Waals surface area contributed by atoms with Gasteiger partial charge in [-0.25, -0.2) is 4.39 Å². The summed E-state index contributed by atoms with van der Waals surface area (Å²) in [7, 11) is 0. The molecule has 5 rings (SSSR count). The molecule has 1 saturated heterocycles. The topological polar surface area (TPSA) is 64.1 Å². The molecule has 2 fully saturated rings. The molecule has 0 aromatic heterocycles. The van der Waals surface area contributed by atoms with Crippen molar-refractivity contribution in [2.45, 2.75) is 24.9 Å². The Morgan fingerprint density at radius 3 is 2.23 bits per heavy atom. The van der Waals surface area contributed by atoms with Crippen LogP contribution in [0.5, 0.6) is 0 Å². The molecule has 6 nitrogen and oxygen atoms in total. The zero-order valence-electron chi connectivity index (χ0n) is 16.7. The largest absolute Gasteiger partial charge is 0.380 e. The van der Waals surface area contributed by atoms with E-state index in [1.54, 1.807) is 28.0 Å². The van der Waals surface area contributed by atoms with E-state index in [4.69, 9.17) is 0 Å². The van der Waals surface area contributed by atoms with E-state index in [2.05, 4.69) is 4.90 Å². The summed E-state index contributed by atoms with van der Waals surface area (Å²) in [6.07, 6.45) is 1.73. The third-order valence-corrected chi connectivity index (χ3v) is 6.37. The van der Waals surface area contributed by atoms with E-state index in [-0.39, 0.29) is 17.6 Å². The number of anilines is 2. The number of amides is 2. The molecular weight excluding hydrogens is 385 g/mol. The Hall–Kier alpha value is -2.93. The maximum Gasteiger partial charge on any atom is 0.254 e. The fourth-order valence-corrected chi connectivity index (χ4v) is 4.37. The lowest BCUT2D eigenvalue weighted by Gasteiger charge is -2.35. The van der Waals surface area contributed by atoms with Gasteiger partial charge in [-0.1, -0.05) is 6.07 Å². The van der Waals surface area contributed by atoms with Crippen LogP contribution in [0.3, 0.4) is 0 Å². The summed E-state index contributed by atoms with van der Waals surface area (Å²) >= 11 is 0. The smallest absolute Gasteiger partial charge is 0.254 e. The minimum atomic E-state index is -1.15. The van der Waals surface area contributed by atoms with E-state index < -0.39 is 5.60 Å². The second kappa shape index (κ2) is 7.09. The van der Waals surface area contributed by atoms with Crippen LogP contribution >= 0.6 is 0 Å². The molecule has 0 atom stereocenters. The van der Waals surface area contributed by atoms with E-state index >= 15 is 0 Å². The van der Waals surface area contributed by atoms with Gasteiger partial charge in [0.1, 0.15) is 11.4 Å². The van der Waals surface area contributed by atoms with Crippen molar-refractivity contribution in [1.82, 2.24) is 9.80 Å². The van der Waals surface area contributed by atoms with Gasteiger partial charge in [0.15, 0.2) is 0 Å². The van der Waals surface area contributed by atoms with Gasteiger partial charge in [0.2, 0.25) is 0 Å². The Kier molecular flexibility index (Phi) is 4.50. The lowest BCUT2D eigenvalue weighted by molar-refractivity contribution is -0.143. The van der Waals surface area contributed by atoms with Gasteiger partial charge < -0.3 is 19.8 Å². The van der Waals surface area contributed by atoms with E-state index in [1.807, 2.05) is 18.2 Å². The summed E-state index contributed by atoms with van der Waals surface area (Å²) in [5.74, 6) is -0.443. The normalized spacial score (nSPS) is 19.6. The summed E-state index contributed by atoms with van der Waals surface area (Å²) in [5, 5.41) is 10.00. The van der Waals surface area contributed by atoms with Crippen LogP contribution in [0.2, 0.25) is 0 Å². The summed E-state index contributed by atoms with van der Waals surface area (Å²) in [5.41, 5.74) is 1.99. The number of benzene rings is 2. The average molecular weight is 409 g/mol. The Morgan fingerprint density at radius 2 is 1.57 bits per heavy atom. The molecule has 0 radical (unpaired) electrons. The number of hydrogen-bond acceptors (Lipinski definition) is 4. The number of aliphatic hydroxyl groups is 1. The van der Waals surface area contributed by atoms with Crippen LogP contribution in [-0.2, 0) is 11.2 Å². The number of rotatable bonds is 3. The molecule has 2 aromatic rings. The number of hydrogen-bond donors (Lipinski definition) is 1. The quantitative estimate of drug-likeness (QED) is 0.845. The molecule has 2 heterocycles. The SMILES string of the molecule is O=C(c1ccc(N2CCc3c(F)cccc32)cc1)N1CCN(C(=O)C2(O)CC2)CC1. The first-order valence-corrected chi connectivity index (χ1v) is 10.4. The van der Waals surface area contributed by atoms with Crippen LogP contribution in [0, 0.1) is 5.82 Å². The van der Waals surface area contributed by atoms with E-state index in [1.165, 1.54) is 6.07 Å². The molecule has 1 aliphatic carbocycles. The van der Waals surface area contributed by atoms with E-state index in [0.29, 0.717) is 57.5 Å². The lowest BCUT2D eigenvalue weighted by Crippen LogP contribution is -2.53. The molecule has 156 valence electrons. The Balaban J connectivity index is 1.24. The second-order valence-electron chi connectivity index (χ2n) is 8.30. The summed E-state index contributed by atoms with van der Waals surface area (Å²) in [6, 6.07) is 12.5. The predicted octanol–water partition coefficient (Wildman–Crippen LogP) is 2.33. The minimum Gasteiger partial charge on any atom is -0.380 e. The van der Waals surface area contributed by atoms with E-state index in [0.717, 1.165) is 16.9 Å². The maximum atomic E-state index is 14.0. The highest BCUT2D eigenvalue weighted by atomic mass is 19.1. The highest BCUT2D eigenvalue weighted by Crippen LogP contribution is 2.37. The number of nitrogens with zero attached hydrogens (tertiary/aromatic N) is 3. The van der Waals surface area contributed by atoms with Crippen molar-refractivity contribution in [1.29, 1.82) is 0 Å². The Morgan fingerprint density at radius 1 is 0.900 bits per heavy atom. The standard InChI is InChI=1S/C23H24FN3O3/c24-19-2-1-3-20-18(19)8-11-27(20)17-6-4-16(5-7-17)21(28)25-12-14-26(15-13-25)22(29)23(30)9-10-23/h1-7,30H,8-15H2. The molecule has 30 heavy (non-hydrogen) atoms. The van der Waals surface area contributed by atoms with Crippen molar-refractivity contribution in [2.75, 3.05) is 37.6 Å². The maximum absolute atomic E-state index is 14.0. The fourth-order valence-electron chi connectivity index (χ4n) is 4.37. The monoisotopic (exact) mass is 409 g/mol. The number of carbonyl (C=O) groups excluding carboxylic acids is 2. The second-order valence-corrected chi connectivity index (χ2v) is 8.30. The number of halogens is 1. The predicted molar refractivity (Wildman–Crippen MR) is 110 cm³/mol. The highest BCUT2D eigenvalue weighted by Gasteiger charge is 2.50. The van der Waals surface area contributed by atoms with Gasteiger partial charge in [0.25, 0.3) is 11.8 Å². The Bertz CT molecular complexity index is 995. The zero-order valence-corrected chi connectivity index (χ0v) is 16.7. The molecule has 1 N–H and O–H groups in total. The molecule has 2 aromatic carbocycles. The molecule has 0 bridgehead atoms. The number of piperazine rings is 1. The van der Waals surface area contributed by atoms with Crippen molar-refractivity contribution in [3.63, 3.8) is 0 Å². The van der Waals surface area contributed by atoms with Crippen LogP contribution in [0.15, 0.2) is 42.5 Å². The molecule has 0 spiro atoms. The van der Waals surface area contributed by atoms with Gasteiger partial charge in [-0.3, -0.25) is 9.59 Å². The molecule has 2 aliphatic heterocycles. The molecular formula is C23H24FN3O3. The highest BCUT2D eigenvalue weighted by molar-refractivity contribution is 5.95. The van der Waals surface area contributed by atoms with Crippen LogP contribution in [0.1, 0.15) is 28.8 Å². The molecule has 3 aliphatic rings. The van der Waals surface area contributed by atoms with Crippen molar-refractivity contribution in [3.05, 3.63) is 59.4 Å². The summed E-state index contributed by atoms with van der Waals surface area (Å²) in [4.78, 5) is 30.6. The lowest BCUT2D eigenvalue weighted by atomic mass is 10.1. The van der Waals surface area contributed by atoms with Crippen LogP contribution in [0.25, 0.3) is 0 Å². The number of carbonyl (C=O) groups is 2. The average Bonchev–Trinajstić information content (AvgIpc) is 3.38. The fraction of sp³-hybridized carbons (Fsp3) is 0.391. The first-order valence-electron chi connectivity index (χ1n) is 10.4. The molecule has 2 amide bonds. The first-order chi connectivity index (χ1) is 14.5. The van der Waals surface area contributed by atoms with Crippen molar-refractivity contribution in [2.24, 2.45) is 0 Å². The van der Waals surface area contributed by atoms with Gasteiger partial charge in [0, 0.05) is 55.2 Å². The van der Waals surface area contributed by atoms with Gasteiger partial charge in [0.05, 0.1) is 0 Å². The number of fused-ring (bicyclic) bond motifs is 1. The van der Waals surface area contributed by atoms with Crippen LogP contribution < -0.4 is 4.90 Å². The van der Waals surface area contributed by atoms with Crippen molar-refractivity contribution < 1.29 is 19.1 Å². The van der Waals surface area contributed by atoms with E-state index in [9.17, 15) is 19.1 Å². The van der Waals surface area contributed by atoms with Gasteiger partial charge in [-0.2, -0.15) is 0 Å². The zero-order chi connectivity index (χ0) is 20.9. The molecule has 1 saturated carbocycles. The molecule has 0 unspecified atom stereocenters. The minimum absolute atomic E-state index is 0.0633. The third-order valence-electron chi connectivity index (χ3n) is 6.37. The summed E-state index contributed by atoms with van der Waals surface area (Å²) in [6.45, 7) is 2.52.